The van der Waals surface area contributed by atoms with Gasteiger partial charge in [0.1, 0.15) is 0 Å². The number of hydrogen-bond acceptors (Lipinski definition) is 2. The summed E-state index contributed by atoms with van der Waals surface area (Å²) in [5.74, 6) is 1.09. The van der Waals surface area contributed by atoms with E-state index in [0.717, 1.165) is 37.6 Å². The number of hydrogen-bond donors (Lipinski definition) is 1. The fourth-order valence-electron chi connectivity index (χ4n) is 4.57. The van der Waals surface area contributed by atoms with E-state index in [4.69, 9.17) is 11.6 Å². The average molecular weight is 407 g/mol. The summed E-state index contributed by atoms with van der Waals surface area (Å²) in [4.78, 5) is 17.3. The van der Waals surface area contributed by atoms with Crippen LogP contribution in [0.2, 0.25) is 5.02 Å². The third-order valence-corrected chi connectivity index (χ3v) is 6.54. The predicted octanol–water partition coefficient (Wildman–Crippen LogP) is 6.37. The first-order valence-corrected chi connectivity index (χ1v) is 10.9. The molecule has 150 valence electrons. The number of halogens is 1. The molecule has 0 bridgehead atoms. The molecule has 1 N–H and O–H groups in total. The molecule has 1 atom stereocenters. The first-order valence-electron chi connectivity index (χ1n) is 10.5. The number of carbonyl (C=O) groups excluding carboxylic acids is 1. The number of fused-ring (bicyclic) bond motifs is 1. The van der Waals surface area contributed by atoms with Crippen LogP contribution in [0.25, 0.3) is 10.9 Å². The van der Waals surface area contributed by atoms with E-state index < -0.39 is 0 Å². The number of aromatic nitrogens is 1. The number of para-hydroxylation sites is 1. The Bertz CT molecular complexity index is 978. The fourth-order valence-corrected chi connectivity index (χ4v) is 4.70. The fraction of sp³-hybridized carbons (Fsp3) is 0.360. The molecule has 4 heteroatoms. The zero-order valence-corrected chi connectivity index (χ0v) is 17.5. The van der Waals surface area contributed by atoms with Crippen molar-refractivity contribution >= 4 is 28.4 Å². The van der Waals surface area contributed by atoms with Crippen molar-refractivity contribution in [1.29, 1.82) is 0 Å². The van der Waals surface area contributed by atoms with Gasteiger partial charge in [-0.2, -0.15) is 0 Å². The highest BCUT2D eigenvalue weighted by Gasteiger charge is 2.28. The van der Waals surface area contributed by atoms with Gasteiger partial charge in [0.15, 0.2) is 0 Å². The number of nitrogens with one attached hydrogen (secondary N) is 1. The Kier molecular flexibility index (Phi) is 6.15. The molecule has 4 rings (SSSR count). The van der Waals surface area contributed by atoms with Crippen molar-refractivity contribution in [2.45, 2.75) is 51.0 Å². The summed E-state index contributed by atoms with van der Waals surface area (Å²) in [5, 5.41) is 5.12. The summed E-state index contributed by atoms with van der Waals surface area (Å²) < 4.78 is 0. The van der Waals surface area contributed by atoms with Gasteiger partial charge in [-0.3, -0.25) is 9.78 Å². The molecule has 2 aromatic carbocycles. The van der Waals surface area contributed by atoms with Gasteiger partial charge in [0.2, 0.25) is 0 Å². The van der Waals surface area contributed by atoms with Crippen molar-refractivity contribution in [3.8, 4) is 0 Å². The van der Waals surface area contributed by atoms with Crippen LogP contribution in [0.1, 0.15) is 60.9 Å². The summed E-state index contributed by atoms with van der Waals surface area (Å²) in [6.07, 6.45) is 7.57. The number of pyridine rings is 1. The summed E-state index contributed by atoms with van der Waals surface area (Å²) in [7, 11) is 0. The highest BCUT2D eigenvalue weighted by atomic mass is 35.5. The predicted molar refractivity (Wildman–Crippen MR) is 119 cm³/mol. The molecule has 0 saturated heterocycles. The zero-order valence-electron chi connectivity index (χ0n) is 16.8. The van der Waals surface area contributed by atoms with E-state index in [-0.39, 0.29) is 11.9 Å². The van der Waals surface area contributed by atoms with Crippen molar-refractivity contribution in [2.75, 3.05) is 0 Å². The highest BCUT2D eigenvalue weighted by Crippen LogP contribution is 2.38. The van der Waals surface area contributed by atoms with Crippen LogP contribution in [0.5, 0.6) is 0 Å². The lowest BCUT2D eigenvalue weighted by Crippen LogP contribution is -2.41. The first kappa shape index (κ1) is 19.9. The first-order chi connectivity index (χ1) is 14.1. The molecular formula is C25H27ClN2O. The minimum absolute atomic E-state index is 0.00521. The smallest absolute Gasteiger partial charge is 0.251 e. The van der Waals surface area contributed by atoms with Crippen molar-refractivity contribution in [3.63, 3.8) is 0 Å². The molecule has 1 aliphatic rings. The molecule has 1 fully saturated rings. The molecule has 0 unspecified atom stereocenters. The van der Waals surface area contributed by atoms with E-state index in [1.165, 1.54) is 10.9 Å². The van der Waals surface area contributed by atoms with E-state index in [1.807, 2.05) is 12.3 Å². The summed E-state index contributed by atoms with van der Waals surface area (Å²) >= 11 is 5.93. The van der Waals surface area contributed by atoms with Crippen LogP contribution < -0.4 is 5.32 Å². The summed E-state index contributed by atoms with van der Waals surface area (Å²) in [6.45, 7) is 2.16. The van der Waals surface area contributed by atoms with Crippen LogP contribution in [0.4, 0.5) is 0 Å². The van der Waals surface area contributed by atoms with Crippen molar-refractivity contribution in [2.24, 2.45) is 5.92 Å². The maximum atomic E-state index is 12.6. The van der Waals surface area contributed by atoms with Gasteiger partial charge in [0.05, 0.1) is 5.52 Å². The Morgan fingerprint density at radius 1 is 1.10 bits per heavy atom. The van der Waals surface area contributed by atoms with Crippen molar-refractivity contribution in [1.82, 2.24) is 10.3 Å². The Labute approximate surface area is 177 Å². The third-order valence-electron chi connectivity index (χ3n) is 6.29. The van der Waals surface area contributed by atoms with Gasteiger partial charge in [-0.15, -0.1) is 0 Å². The Balaban J connectivity index is 1.38. The maximum absolute atomic E-state index is 12.6. The van der Waals surface area contributed by atoms with Gasteiger partial charge in [0, 0.05) is 28.2 Å². The Morgan fingerprint density at radius 3 is 2.55 bits per heavy atom. The molecule has 3 nitrogen and oxygen atoms in total. The molecule has 1 amide bonds. The number of rotatable bonds is 5. The van der Waals surface area contributed by atoms with E-state index in [2.05, 4.69) is 41.5 Å². The van der Waals surface area contributed by atoms with Crippen LogP contribution in [0, 0.1) is 5.92 Å². The lowest BCUT2D eigenvalue weighted by Gasteiger charge is -2.34. The molecule has 0 spiro atoms. The van der Waals surface area contributed by atoms with Gasteiger partial charge in [-0.1, -0.05) is 36.7 Å². The molecule has 1 aromatic heterocycles. The highest BCUT2D eigenvalue weighted by molar-refractivity contribution is 6.30. The van der Waals surface area contributed by atoms with E-state index in [1.54, 1.807) is 24.3 Å². The van der Waals surface area contributed by atoms with E-state index in [9.17, 15) is 4.79 Å². The molecule has 3 aromatic rings. The Morgan fingerprint density at radius 2 is 1.83 bits per heavy atom. The standard InChI is InChI=1S/C25H27ClN2O/c1-2-23(28-25(29)19-11-13-22(26)14-12-19)18-9-7-17(8-10-18)21-15-20-5-3-4-6-24(20)27-16-21/h3-6,11-18,23H,2,7-10H2,1H3,(H,28,29)/t17-,18-,23-/m1/s1. The third kappa shape index (κ3) is 4.62. The van der Waals surface area contributed by atoms with Gasteiger partial charge in [0.25, 0.3) is 5.91 Å². The topological polar surface area (TPSA) is 42.0 Å². The van der Waals surface area contributed by atoms with Crippen molar-refractivity contribution in [3.05, 3.63) is 76.9 Å². The number of amides is 1. The van der Waals surface area contributed by atoms with Crippen LogP contribution in [0.15, 0.2) is 60.8 Å². The minimum atomic E-state index is -0.00521. The number of nitrogens with zero attached hydrogens (tertiary/aromatic N) is 1. The second kappa shape index (κ2) is 8.96. The lowest BCUT2D eigenvalue weighted by molar-refractivity contribution is 0.0909. The normalized spacial score (nSPS) is 20.3. The second-order valence-electron chi connectivity index (χ2n) is 8.07. The van der Waals surface area contributed by atoms with Gasteiger partial charge < -0.3 is 5.32 Å². The lowest BCUT2D eigenvalue weighted by atomic mass is 9.75. The van der Waals surface area contributed by atoms with Crippen molar-refractivity contribution < 1.29 is 4.79 Å². The SMILES string of the molecule is CC[C@@H](NC(=O)c1ccc(Cl)cc1)[C@H]1CC[C@H](c2cnc3ccccc3c2)CC1. The molecule has 0 radical (unpaired) electrons. The number of carbonyl (C=O) groups is 1. The van der Waals surface area contributed by atoms with E-state index in [0.29, 0.717) is 22.4 Å². The molecule has 1 saturated carbocycles. The maximum Gasteiger partial charge on any atom is 0.251 e. The summed E-state index contributed by atoms with van der Waals surface area (Å²) in [6, 6.07) is 17.9. The Hall–Kier alpha value is -2.39. The second-order valence-corrected chi connectivity index (χ2v) is 8.50. The number of benzene rings is 2. The molecule has 1 heterocycles. The van der Waals surface area contributed by atoms with Gasteiger partial charge >= 0.3 is 0 Å². The van der Waals surface area contributed by atoms with Crippen LogP contribution in [0.3, 0.4) is 0 Å². The van der Waals surface area contributed by atoms with Crippen LogP contribution >= 0.6 is 11.6 Å². The molecule has 1 aliphatic carbocycles. The summed E-state index contributed by atoms with van der Waals surface area (Å²) in [5.41, 5.74) is 3.07. The van der Waals surface area contributed by atoms with Crippen LogP contribution in [-0.2, 0) is 0 Å². The largest absolute Gasteiger partial charge is 0.349 e. The monoisotopic (exact) mass is 406 g/mol. The molecular weight excluding hydrogens is 380 g/mol. The minimum Gasteiger partial charge on any atom is -0.349 e. The van der Waals surface area contributed by atoms with Gasteiger partial charge in [-0.25, -0.2) is 0 Å². The van der Waals surface area contributed by atoms with Crippen LogP contribution in [-0.4, -0.2) is 16.9 Å². The average Bonchev–Trinajstić information content (AvgIpc) is 2.77. The molecule has 29 heavy (non-hydrogen) atoms. The molecule has 0 aliphatic heterocycles. The quantitative estimate of drug-likeness (QED) is 0.534. The zero-order chi connectivity index (χ0) is 20.2. The van der Waals surface area contributed by atoms with Gasteiger partial charge in [-0.05, 0) is 85.9 Å². The van der Waals surface area contributed by atoms with E-state index >= 15 is 0 Å².